The minimum atomic E-state index is -0.414. The molecule has 1 heterocycles. The summed E-state index contributed by atoms with van der Waals surface area (Å²) in [5, 5.41) is 2.79. The van der Waals surface area contributed by atoms with Crippen LogP contribution in [0.5, 0.6) is 0 Å². The van der Waals surface area contributed by atoms with Crippen molar-refractivity contribution in [1.82, 2.24) is 0 Å². The summed E-state index contributed by atoms with van der Waals surface area (Å²) >= 11 is 0. The third-order valence-corrected chi connectivity index (χ3v) is 7.70. The third-order valence-electron chi connectivity index (χ3n) is 7.70. The highest BCUT2D eigenvalue weighted by molar-refractivity contribution is 6.22. The van der Waals surface area contributed by atoms with E-state index in [9.17, 15) is 19.2 Å². The molecule has 2 aromatic rings. The van der Waals surface area contributed by atoms with Crippen molar-refractivity contribution >= 4 is 35.1 Å². The van der Waals surface area contributed by atoms with E-state index in [2.05, 4.69) is 17.5 Å². The van der Waals surface area contributed by atoms with Crippen LogP contribution in [0.2, 0.25) is 0 Å². The molecule has 0 unspecified atom stereocenters. The van der Waals surface area contributed by atoms with E-state index in [0.717, 1.165) is 6.42 Å². The molecule has 1 saturated heterocycles. The van der Waals surface area contributed by atoms with Gasteiger partial charge in [0.25, 0.3) is 5.91 Å². The van der Waals surface area contributed by atoms with Crippen molar-refractivity contribution in [3.8, 4) is 0 Å². The number of hydrogen-bond donors (Lipinski definition) is 1. The van der Waals surface area contributed by atoms with Gasteiger partial charge in [0, 0.05) is 11.3 Å². The molecule has 1 aliphatic heterocycles. The molecular weight excluding hydrogens is 432 g/mol. The van der Waals surface area contributed by atoms with Crippen molar-refractivity contribution in [2.45, 2.75) is 13.3 Å². The molecule has 0 aromatic heterocycles. The highest BCUT2D eigenvalue weighted by Gasteiger charge is 2.67. The molecule has 2 aromatic carbocycles. The summed E-state index contributed by atoms with van der Waals surface area (Å²) in [6, 6.07) is 13.0. The maximum absolute atomic E-state index is 13.2. The van der Waals surface area contributed by atoms with Gasteiger partial charge in [-0.2, -0.15) is 0 Å². The first-order valence-corrected chi connectivity index (χ1v) is 11.7. The minimum Gasteiger partial charge on any atom is -0.462 e. The molecule has 0 spiro atoms. The highest BCUT2D eigenvalue weighted by Crippen LogP contribution is 2.65. The largest absolute Gasteiger partial charge is 0.462 e. The van der Waals surface area contributed by atoms with E-state index in [-0.39, 0.29) is 41.4 Å². The van der Waals surface area contributed by atoms with Gasteiger partial charge in [0.1, 0.15) is 0 Å². The standard InChI is InChI=1S/C27H24N2O5/c1-2-34-27(33)15-3-7-16(8-4-15)28-24(30)14-5-9-17(10-6-14)29-25(31)22-18-11-12-19(21-13-20(18)21)23(22)26(29)32/h3-12,18-23H,2,13H2,1H3,(H,28,30)/t18-,19-,20-,21-,22-,23+/m0/s1. The summed E-state index contributed by atoms with van der Waals surface area (Å²) in [6.07, 6.45) is 5.44. The van der Waals surface area contributed by atoms with E-state index >= 15 is 0 Å². The number of anilines is 2. The SMILES string of the molecule is CCOC(=O)c1ccc(NC(=O)c2ccc(N3C(=O)[C@@H]4[C@H]5C=C[C@@H]([C@@H]6C[C@@H]56)[C@@H]4C3=O)cc2)cc1. The molecule has 7 rings (SSSR count). The average molecular weight is 456 g/mol. The molecule has 5 aliphatic rings. The Labute approximate surface area is 196 Å². The van der Waals surface area contributed by atoms with E-state index in [4.69, 9.17) is 4.74 Å². The van der Waals surface area contributed by atoms with E-state index in [1.54, 1.807) is 55.5 Å². The maximum Gasteiger partial charge on any atom is 0.338 e. The average Bonchev–Trinajstić information content (AvgIpc) is 3.63. The Hall–Kier alpha value is -3.74. The van der Waals surface area contributed by atoms with Crippen LogP contribution in [-0.2, 0) is 14.3 Å². The summed E-state index contributed by atoms with van der Waals surface area (Å²) < 4.78 is 4.96. The maximum atomic E-state index is 13.2. The fourth-order valence-electron chi connectivity index (χ4n) is 6.08. The second-order valence-corrected chi connectivity index (χ2v) is 9.47. The molecule has 3 fully saturated rings. The molecule has 7 nitrogen and oxygen atoms in total. The van der Waals surface area contributed by atoms with Crippen molar-refractivity contribution in [2.75, 3.05) is 16.8 Å². The Kier molecular flexibility index (Phi) is 4.69. The van der Waals surface area contributed by atoms with Gasteiger partial charge in [-0.1, -0.05) is 12.2 Å². The fraction of sp³-hybridized carbons (Fsp3) is 0.333. The molecule has 172 valence electrons. The van der Waals surface area contributed by atoms with Crippen molar-refractivity contribution in [3.63, 3.8) is 0 Å². The molecule has 2 bridgehead atoms. The fourth-order valence-corrected chi connectivity index (χ4v) is 6.08. The number of amides is 3. The number of hydrogen-bond acceptors (Lipinski definition) is 5. The third kappa shape index (κ3) is 3.10. The van der Waals surface area contributed by atoms with Crippen LogP contribution in [0.1, 0.15) is 34.1 Å². The van der Waals surface area contributed by atoms with Gasteiger partial charge in [0.15, 0.2) is 0 Å². The number of benzene rings is 2. The lowest BCUT2D eigenvalue weighted by Gasteiger charge is -2.37. The number of imide groups is 1. The van der Waals surface area contributed by atoms with E-state index < -0.39 is 5.97 Å². The summed E-state index contributed by atoms with van der Waals surface area (Å²) in [4.78, 5) is 52.2. The van der Waals surface area contributed by atoms with Gasteiger partial charge in [-0.25, -0.2) is 4.79 Å². The molecular formula is C27H24N2O5. The van der Waals surface area contributed by atoms with Crippen molar-refractivity contribution in [2.24, 2.45) is 35.5 Å². The Balaban J connectivity index is 1.16. The van der Waals surface area contributed by atoms with Crippen LogP contribution in [0.25, 0.3) is 0 Å². The Bertz CT molecular complexity index is 1200. The lowest BCUT2D eigenvalue weighted by atomic mass is 9.63. The minimum absolute atomic E-state index is 0.112. The molecule has 6 atom stereocenters. The van der Waals surface area contributed by atoms with E-state index in [1.165, 1.54) is 4.90 Å². The zero-order valence-corrected chi connectivity index (χ0v) is 18.6. The molecule has 3 amide bonds. The first-order chi connectivity index (χ1) is 16.5. The van der Waals surface area contributed by atoms with Gasteiger partial charge < -0.3 is 10.1 Å². The zero-order valence-electron chi connectivity index (χ0n) is 18.6. The normalized spacial score (nSPS) is 30.1. The second kappa shape index (κ2) is 7.65. The zero-order chi connectivity index (χ0) is 23.6. The van der Waals surface area contributed by atoms with Gasteiger partial charge in [0.05, 0.1) is 29.7 Å². The lowest BCUT2D eigenvalue weighted by Crippen LogP contribution is -2.40. The molecule has 1 N–H and O–H groups in total. The van der Waals surface area contributed by atoms with Crippen LogP contribution in [0.3, 0.4) is 0 Å². The summed E-state index contributed by atoms with van der Waals surface area (Å²) in [6.45, 7) is 2.03. The highest BCUT2D eigenvalue weighted by atomic mass is 16.5. The predicted molar refractivity (Wildman–Crippen MR) is 124 cm³/mol. The van der Waals surface area contributed by atoms with Crippen LogP contribution >= 0.6 is 0 Å². The number of carbonyl (C=O) groups excluding carboxylic acids is 4. The number of carbonyl (C=O) groups is 4. The smallest absolute Gasteiger partial charge is 0.338 e. The van der Waals surface area contributed by atoms with Crippen LogP contribution < -0.4 is 10.2 Å². The Morgan fingerprint density at radius 1 is 0.882 bits per heavy atom. The van der Waals surface area contributed by atoms with Gasteiger partial charge in [-0.15, -0.1) is 0 Å². The number of ether oxygens (including phenoxy) is 1. The van der Waals surface area contributed by atoms with Gasteiger partial charge in [-0.05, 0) is 85.5 Å². The molecule has 7 heteroatoms. The van der Waals surface area contributed by atoms with Crippen LogP contribution in [0.15, 0.2) is 60.7 Å². The predicted octanol–water partition coefficient (Wildman–Crippen LogP) is 3.67. The van der Waals surface area contributed by atoms with Crippen LogP contribution in [0.4, 0.5) is 11.4 Å². The van der Waals surface area contributed by atoms with Gasteiger partial charge >= 0.3 is 5.97 Å². The number of rotatable bonds is 5. The van der Waals surface area contributed by atoms with E-state index in [1.807, 2.05) is 0 Å². The van der Waals surface area contributed by atoms with Crippen molar-refractivity contribution in [1.29, 1.82) is 0 Å². The monoisotopic (exact) mass is 456 g/mol. The molecule has 0 radical (unpaired) electrons. The first kappa shape index (κ1) is 20.8. The van der Waals surface area contributed by atoms with E-state index in [0.29, 0.717) is 40.9 Å². The summed E-state index contributed by atoms with van der Waals surface area (Å²) in [7, 11) is 0. The molecule has 2 saturated carbocycles. The Morgan fingerprint density at radius 2 is 1.44 bits per heavy atom. The molecule has 34 heavy (non-hydrogen) atoms. The number of allylic oxidation sites excluding steroid dienone is 2. The Morgan fingerprint density at radius 3 is 2.00 bits per heavy atom. The topological polar surface area (TPSA) is 92.8 Å². The van der Waals surface area contributed by atoms with Gasteiger partial charge in [-0.3, -0.25) is 19.3 Å². The summed E-state index contributed by atoms with van der Waals surface area (Å²) in [5.74, 6) is 0.0307. The lowest BCUT2D eigenvalue weighted by molar-refractivity contribution is -0.124. The second-order valence-electron chi connectivity index (χ2n) is 9.47. The van der Waals surface area contributed by atoms with Crippen molar-refractivity contribution < 1.29 is 23.9 Å². The quantitative estimate of drug-likeness (QED) is 0.421. The number of esters is 1. The van der Waals surface area contributed by atoms with Crippen LogP contribution in [0, 0.1) is 35.5 Å². The van der Waals surface area contributed by atoms with Gasteiger partial charge in [0.2, 0.25) is 11.8 Å². The van der Waals surface area contributed by atoms with Crippen LogP contribution in [-0.4, -0.2) is 30.3 Å². The van der Waals surface area contributed by atoms with Crippen molar-refractivity contribution in [3.05, 3.63) is 71.8 Å². The number of nitrogens with zero attached hydrogens (tertiary/aromatic N) is 1. The molecule has 4 aliphatic carbocycles. The number of nitrogens with one attached hydrogen (secondary N) is 1. The summed E-state index contributed by atoms with van der Waals surface area (Å²) in [5.41, 5.74) is 1.86. The first-order valence-electron chi connectivity index (χ1n) is 11.7.